The topological polar surface area (TPSA) is 105 Å². The summed E-state index contributed by atoms with van der Waals surface area (Å²) in [5.41, 5.74) is 3.57. The highest BCUT2D eigenvalue weighted by Gasteiger charge is 2.50. The molecule has 0 aromatic heterocycles. The second kappa shape index (κ2) is 7.97. The van der Waals surface area contributed by atoms with Crippen molar-refractivity contribution in [2.24, 2.45) is 11.8 Å². The van der Waals surface area contributed by atoms with E-state index >= 15 is 0 Å². The molecule has 2 amide bonds. The first-order valence-corrected chi connectivity index (χ1v) is 11.1. The third-order valence-electron chi connectivity index (χ3n) is 7.09. The molecule has 0 aliphatic heterocycles. The Kier molecular flexibility index (Phi) is 5.12. The predicted octanol–water partition coefficient (Wildman–Crippen LogP) is 3.28. The van der Waals surface area contributed by atoms with Crippen molar-refractivity contribution in [1.82, 2.24) is 10.6 Å². The highest BCUT2D eigenvalue weighted by molar-refractivity contribution is 5.90. The van der Waals surface area contributed by atoms with Crippen molar-refractivity contribution in [2.75, 3.05) is 13.2 Å². The van der Waals surface area contributed by atoms with Gasteiger partial charge in [-0.1, -0.05) is 48.5 Å². The molecule has 7 heteroatoms. The van der Waals surface area contributed by atoms with Gasteiger partial charge in [0.1, 0.15) is 12.1 Å². The van der Waals surface area contributed by atoms with Gasteiger partial charge in [0.15, 0.2) is 0 Å². The third-order valence-corrected chi connectivity index (χ3v) is 7.09. The van der Waals surface area contributed by atoms with Gasteiger partial charge in [0.2, 0.25) is 5.91 Å². The Labute approximate surface area is 186 Å². The van der Waals surface area contributed by atoms with Gasteiger partial charge < -0.3 is 20.5 Å². The number of hydrogen-bond donors (Lipinski definition) is 3. The number of hydrogen-bond acceptors (Lipinski definition) is 4. The first kappa shape index (κ1) is 20.5. The molecule has 0 saturated heterocycles. The van der Waals surface area contributed by atoms with Crippen molar-refractivity contribution in [2.45, 2.75) is 37.1 Å². The lowest BCUT2D eigenvalue weighted by Gasteiger charge is -2.38. The highest BCUT2D eigenvalue weighted by Crippen LogP contribution is 2.44. The normalized spacial score (nSPS) is 22.1. The Morgan fingerprint density at radius 2 is 1.62 bits per heavy atom. The van der Waals surface area contributed by atoms with Crippen LogP contribution in [0.3, 0.4) is 0 Å². The van der Waals surface area contributed by atoms with Crippen molar-refractivity contribution in [3.8, 4) is 11.1 Å². The lowest BCUT2D eigenvalue weighted by Crippen LogP contribution is -2.59. The maximum Gasteiger partial charge on any atom is 0.407 e. The van der Waals surface area contributed by atoms with Gasteiger partial charge in [-0.05, 0) is 53.9 Å². The molecule has 2 fully saturated rings. The summed E-state index contributed by atoms with van der Waals surface area (Å²) in [4.78, 5) is 36.1. The van der Waals surface area contributed by atoms with Crippen LogP contribution in [0.15, 0.2) is 48.5 Å². The van der Waals surface area contributed by atoms with Crippen molar-refractivity contribution >= 4 is 18.0 Å². The molecule has 3 aliphatic rings. The summed E-state index contributed by atoms with van der Waals surface area (Å²) in [7, 11) is 0. The van der Waals surface area contributed by atoms with Crippen LogP contribution in [0, 0.1) is 11.8 Å². The van der Waals surface area contributed by atoms with Crippen molar-refractivity contribution in [1.29, 1.82) is 0 Å². The van der Waals surface area contributed by atoms with Gasteiger partial charge in [-0.2, -0.15) is 0 Å². The Balaban J connectivity index is 1.11. The van der Waals surface area contributed by atoms with Gasteiger partial charge in [0.25, 0.3) is 0 Å². The molecular weight excluding hydrogens is 408 g/mol. The zero-order chi connectivity index (χ0) is 22.3. The van der Waals surface area contributed by atoms with Gasteiger partial charge in [-0.15, -0.1) is 0 Å². The van der Waals surface area contributed by atoms with Crippen LogP contribution in [0.25, 0.3) is 11.1 Å². The van der Waals surface area contributed by atoms with E-state index in [1.54, 1.807) is 0 Å². The first-order valence-electron chi connectivity index (χ1n) is 11.1. The number of rotatable bonds is 7. The summed E-state index contributed by atoms with van der Waals surface area (Å²) in [5.74, 6) is -1.43. The van der Waals surface area contributed by atoms with Crippen LogP contribution in [0.2, 0.25) is 0 Å². The fraction of sp³-hybridized carbons (Fsp3) is 0.400. The lowest BCUT2D eigenvalue weighted by atomic mass is 9.76. The SMILES string of the molecule is O=C(NCC1CC1C(=O)NC1(C(=O)O)CCC1)OCC1c2ccccc2-c2ccccc21. The molecule has 7 nitrogen and oxygen atoms in total. The molecule has 2 aromatic rings. The third kappa shape index (κ3) is 3.61. The smallest absolute Gasteiger partial charge is 0.407 e. The Morgan fingerprint density at radius 1 is 1.00 bits per heavy atom. The molecule has 5 rings (SSSR count). The van der Waals surface area contributed by atoms with Crippen LogP contribution in [0.5, 0.6) is 0 Å². The van der Waals surface area contributed by atoms with Gasteiger partial charge in [0, 0.05) is 18.4 Å². The van der Waals surface area contributed by atoms with E-state index in [2.05, 4.69) is 34.9 Å². The maximum atomic E-state index is 12.4. The zero-order valence-corrected chi connectivity index (χ0v) is 17.7. The minimum absolute atomic E-state index is 0.00212. The van der Waals surface area contributed by atoms with Gasteiger partial charge in [-0.3, -0.25) is 4.79 Å². The molecule has 3 aliphatic carbocycles. The van der Waals surface area contributed by atoms with Crippen LogP contribution in [-0.2, 0) is 14.3 Å². The summed E-state index contributed by atoms with van der Waals surface area (Å²) in [6, 6.07) is 16.3. The van der Waals surface area contributed by atoms with Gasteiger partial charge in [0.05, 0.1) is 0 Å². The minimum atomic E-state index is -1.09. The fourth-order valence-corrected chi connectivity index (χ4v) is 4.91. The number of benzene rings is 2. The maximum absolute atomic E-state index is 12.4. The van der Waals surface area contributed by atoms with E-state index < -0.39 is 17.6 Å². The summed E-state index contributed by atoms with van der Waals surface area (Å²) in [6.07, 6.45) is 1.90. The van der Waals surface area contributed by atoms with E-state index in [-0.39, 0.29) is 30.3 Å². The predicted molar refractivity (Wildman–Crippen MR) is 117 cm³/mol. The van der Waals surface area contributed by atoms with Crippen LogP contribution in [0.4, 0.5) is 4.79 Å². The van der Waals surface area contributed by atoms with Crippen LogP contribution in [-0.4, -0.2) is 41.8 Å². The van der Waals surface area contributed by atoms with E-state index in [4.69, 9.17) is 4.74 Å². The number of ether oxygens (including phenoxy) is 1. The van der Waals surface area contributed by atoms with Crippen molar-refractivity contribution in [3.05, 3.63) is 59.7 Å². The number of fused-ring (bicyclic) bond motifs is 3. The van der Waals surface area contributed by atoms with E-state index in [1.165, 1.54) is 11.1 Å². The summed E-state index contributed by atoms with van der Waals surface area (Å²) in [5, 5.41) is 14.8. The Hall–Kier alpha value is -3.35. The van der Waals surface area contributed by atoms with E-state index in [9.17, 15) is 19.5 Å². The highest BCUT2D eigenvalue weighted by atomic mass is 16.5. The largest absolute Gasteiger partial charge is 0.480 e. The number of alkyl carbamates (subject to hydrolysis) is 1. The molecule has 3 N–H and O–H groups in total. The molecule has 0 heterocycles. The molecule has 0 spiro atoms. The Morgan fingerprint density at radius 3 is 2.19 bits per heavy atom. The van der Waals surface area contributed by atoms with Crippen LogP contribution in [0.1, 0.15) is 42.7 Å². The standard InChI is InChI=1S/C25H26N2O5/c28-22(27-25(23(29)30)10-5-11-25)20-12-15(20)13-26-24(31)32-14-21-18-8-3-1-6-16(18)17-7-2-4-9-19(17)21/h1-4,6-9,15,20-21H,5,10-14H2,(H,26,31)(H,27,28)(H,29,30). The average Bonchev–Trinajstić information content (AvgIpc) is 3.48. The number of nitrogens with one attached hydrogen (secondary N) is 2. The second-order valence-corrected chi connectivity index (χ2v) is 9.04. The van der Waals surface area contributed by atoms with Gasteiger partial charge >= 0.3 is 12.1 Å². The number of amides is 2. The molecule has 2 saturated carbocycles. The molecule has 32 heavy (non-hydrogen) atoms. The second-order valence-electron chi connectivity index (χ2n) is 9.04. The minimum Gasteiger partial charge on any atom is -0.480 e. The zero-order valence-electron chi connectivity index (χ0n) is 17.7. The molecule has 2 aromatic carbocycles. The number of carboxylic acid groups (broad SMARTS) is 1. The molecule has 2 unspecified atom stereocenters. The molecular formula is C25H26N2O5. The molecule has 0 bridgehead atoms. The van der Waals surface area contributed by atoms with Crippen LogP contribution < -0.4 is 10.6 Å². The fourth-order valence-electron chi connectivity index (χ4n) is 4.91. The number of aliphatic carboxylic acids is 1. The molecule has 0 radical (unpaired) electrons. The van der Waals surface area contributed by atoms with E-state index in [1.807, 2.05) is 24.3 Å². The first-order chi connectivity index (χ1) is 15.5. The van der Waals surface area contributed by atoms with Crippen molar-refractivity contribution < 1.29 is 24.2 Å². The average molecular weight is 434 g/mol. The van der Waals surface area contributed by atoms with Crippen LogP contribution >= 0.6 is 0 Å². The number of carbonyl (C=O) groups excluding carboxylic acids is 2. The van der Waals surface area contributed by atoms with E-state index in [0.29, 0.717) is 25.8 Å². The quantitative estimate of drug-likeness (QED) is 0.620. The lowest BCUT2D eigenvalue weighted by molar-refractivity contribution is -0.152. The van der Waals surface area contributed by atoms with E-state index in [0.717, 1.165) is 17.5 Å². The summed E-state index contributed by atoms with van der Waals surface area (Å²) in [6.45, 7) is 0.588. The van der Waals surface area contributed by atoms with Gasteiger partial charge in [-0.25, -0.2) is 9.59 Å². The molecule has 2 atom stereocenters. The van der Waals surface area contributed by atoms with Crippen molar-refractivity contribution in [3.63, 3.8) is 0 Å². The number of carbonyl (C=O) groups is 3. The number of carboxylic acids is 1. The summed E-state index contributed by atoms with van der Waals surface area (Å²) < 4.78 is 5.52. The molecule has 166 valence electrons. The monoisotopic (exact) mass is 434 g/mol. The summed E-state index contributed by atoms with van der Waals surface area (Å²) >= 11 is 0. The Bertz CT molecular complexity index is 1030.